The van der Waals surface area contributed by atoms with Crippen LogP contribution >= 0.6 is 0 Å². The third-order valence-corrected chi connectivity index (χ3v) is 12.9. The summed E-state index contributed by atoms with van der Waals surface area (Å²) in [5.74, 6) is 0. The molecule has 0 saturated heterocycles. The van der Waals surface area contributed by atoms with Gasteiger partial charge in [-0.3, -0.25) is 9.11 Å². The van der Waals surface area contributed by atoms with Crippen LogP contribution in [0.5, 0.6) is 0 Å². The van der Waals surface area contributed by atoms with Gasteiger partial charge >= 0.3 is 99.6 Å². The predicted octanol–water partition coefficient (Wildman–Crippen LogP) is 5.08. The molecule has 1 aliphatic carbocycles. The van der Waals surface area contributed by atoms with Crippen molar-refractivity contribution in [1.82, 2.24) is 0 Å². The molecule has 0 aromatic rings. The van der Waals surface area contributed by atoms with Gasteiger partial charge in [0.25, 0.3) is 0 Å². The number of halogens is 6. The van der Waals surface area contributed by atoms with E-state index in [9.17, 15) is 26.3 Å². The predicted molar refractivity (Wildman–Crippen MR) is 86.4 cm³/mol. The summed E-state index contributed by atoms with van der Waals surface area (Å²) in [5.41, 5.74) is -11.1. The number of rotatable bonds is 1. The van der Waals surface area contributed by atoms with Crippen molar-refractivity contribution in [2.75, 3.05) is 0 Å². The molecule has 0 amide bonds. The van der Waals surface area contributed by atoms with E-state index in [0.29, 0.717) is 0 Å². The van der Waals surface area contributed by atoms with E-state index in [1.54, 1.807) is 3.28 Å². The Hall–Kier alpha value is -0.237. The molecule has 27 heavy (non-hydrogen) atoms. The second-order valence-electron chi connectivity index (χ2n) is 9.42. The first-order chi connectivity index (χ1) is 11.1. The van der Waals surface area contributed by atoms with Crippen LogP contribution in [0.1, 0.15) is 6.42 Å². The summed E-state index contributed by atoms with van der Waals surface area (Å²) in [4.78, 5) is 0. The minimum absolute atomic E-state index is 1.20. The minimum atomic E-state index is -5.84. The van der Waals surface area contributed by atoms with E-state index in [0.717, 1.165) is 0 Å². The molecule has 2 N–H and O–H groups in total. The molecular formula is C12H22F6O6S2Zr. The monoisotopic (exact) mass is 530 g/mol. The average Bonchev–Trinajstić information content (AvgIpc) is 2.75. The summed E-state index contributed by atoms with van der Waals surface area (Å²) in [5, 5.41) is 0. The van der Waals surface area contributed by atoms with Crippen LogP contribution in [0, 0.1) is 0 Å². The molecule has 0 radical (unpaired) electrons. The Kier molecular flexibility index (Phi) is 8.09. The molecule has 0 bridgehead atoms. The molecule has 164 valence electrons. The quantitative estimate of drug-likeness (QED) is 0.277. The summed E-state index contributed by atoms with van der Waals surface area (Å²) in [6.45, 7) is 0. The number of alkyl halides is 6. The van der Waals surface area contributed by atoms with Crippen LogP contribution in [-0.2, 0) is 37.5 Å². The first-order valence-electron chi connectivity index (χ1n) is 7.04. The van der Waals surface area contributed by atoms with Crippen molar-refractivity contribution in [3.8, 4) is 0 Å². The summed E-state index contributed by atoms with van der Waals surface area (Å²) in [6.07, 6.45) is 8.00. The second-order valence-corrected chi connectivity index (χ2v) is 44.5. The first kappa shape index (κ1) is 29.0. The molecule has 0 spiro atoms. The molecule has 15 heteroatoms. The third-order valence-electron chi connectivity index (χ3n) is 2.96. The van der Waals surface area contributed by atoms with E-state index in [1.807, 2.05) is 0 Å². The molecule has 0 fully saturated rings. The average molecular weight is 532 g/mol. The molecule has 0 unspecified atom stereocenters. The fourth-order valence-corrected chi connectivity index (χ4v) is 6.46. The summed E-state index contributed by atoms with van der Waals surface area (Å²) in [6, 6.07) is 0. The zero-order valence-electron chi connectivity index (χ0n) is 15.1. The molecule has 0 atom stereocenters. The Morgan fingerprint density at radius 3 is 1.15 bits per heavy atom. The van der Waals surface area contributed by atoms with E-state index in [1.165, 1.54) is 6.42 Å². The zero-order valence-corrected chi connectivity index (χ0v) is 19.1. The molecule has 0 aromatic carbocycles. The third kappa shape index (κ3) is 12.0. The van der Waals surface area contributed by atoms with Crippen LogP contribution in [0.3, 0.4) is 0 Å². The van der Waals surface area contributed by atoms with Crippen molar-refractivity contribution in [2.24, 2.45) is 0 Å². The van der Waals surface area contributed by atoms with Gasteiger partial charge in [0.05, 0.1) is 0 Å². The van der Waals surface area contributed by atoms with Crippen molar-refractivity contribution < 1.29 is 69.6 Å². The Labute approximate surface area is 151 Å². The van der Waals surface area contributed by atoms with E-state index in [-0.39, 0.29) is 0 Å². The topological polar surface area (TPSA) is 109 Å². The van der Waals surface area contributed by atoms with Crippen LogP contribution in [0.4, 0.5) is 26.3 Å². The molecule has 0 saturated carbocycles. The first-order valence-corrected chi connectivity index (χ1v) is 23.4. The summed E-state index contributed by atoms with van der Waals surface area (Å²) < 4.78 is 129. The van der Waals surface area contributed by atoms with Gasteiger partial charge < -0.3 is 0 Å². The Bertz CT molecular complexity index is 758. The van der Waals surface area contributed by atoms with Gasteiger partial charge in [0.1, 0.15) is 0 Å². The van der Waals surface area contributed by atoms with Gasteiger partial charge in [0.2, 0.25) is 0 Å². The molecular weight excluding hydrogens is 509 g/mol. The van der Waals surface area contributed by atoms with Gasteiger partial charge in [-0.15, -0.1) is 0 Å². The van der Waals surface area contributed by atoms with E-state index < -0.39 is 48.6 Å². The van der Waals surface area contributed by atoms with Crippen LogP contribution in [-0.4, -0.2) is 37.0 Å². The Morgan fingerprint density at radius 2 is 1.07 bits per heavy atom. The second kappa shape index (κ2) is 7.54. The van der Waals surface area contributed by atoms with Gasteiger partial charge in [-0.25, -0.2) is 0 Å². The summed E-state index contributed by atoms with van der Waals surface area (Å²) in [7, 11) is -11.7. The molecule has 1 aliphatic rings. The van der Waals surface area contributed by atoms with Crippen molar-refractivity contribution in [1.29, 1.82) is 0 Å². The van der Waals surface area contributed by atoms with Gasteiger partial charge in [-0.2, -0.15) is 43.2 Å². The van der Waals surface area contributed by atoms with E-state index in [2.05, 4.69) is 41.4 Å². The Morgan fingerprint density at radius 1 is 0.815 bits per heavy atom. The maximum absolute atomic E-state index is 10.7. The van der Waals surface area contributed by atoms with Crippen LogP contribution in [0.2, 0.25) is 23.2 Å². The van der Waals surface area contributed by atoms with Crippen LogP contribution in [0.25, 0.3) is 0 Å². The van der Waals surface area contributed by atoms with Crippen molar-refractivity contribution >= 4 is 20.2 Å². The fraction of sp³-hybridized carbons (Fsp3) is 0.667. The SMILES string of the molecule is O=S(=O)(O)C(F)(F)F.O=S(=O)(O)C(F)(F)F.[CH3][Zr]([CH3])([CH3])([CH3])([CH3])[C]1=CC=CC1. The molecule has 0 heterocycles. The van der Waals surface area contributed by atoms with Crippen LogP contribution < -0.4 is 0 Å². The maximum atomic E-state index is 10.7. The standard InChI is InChI=1S/C5H5.2CHF3O3S.5CH3.Zr/c1-2-4-5-3-1;2*2-1(3,4)8(5,6)7;;;;;;/h1-3H,4H2;2*(H,5,6,7);5*1H3;. The van der Waals surface area contributed by atoms with Gasteiger partial charge in [-0.05, 0) is 0 Å². The van der Waals surface area contributed by atoms with Crippen molar-refractivity contribution in [2.45, 2.75) is 40.6 Å². The molecule has 6 nitrogen and oxygen atoms in total. The van der Waals surface area contributed by atoms with E-state index >= 15 is 0 Å². The molecule has 0 aromatic heterocycles. The van der Waals surface area contributed by atoms with Gasteiger partial charge in [-0.1, -0.05) is 0 Å². The summed E-state index contributed by atoms with van der Waals surface area (Å²) >= 11 is -2.78. The molecule has 0 aliphatic heterocycles. The van der Waals surface area contributed by atoms with Crippen LogP contribution in [0.15, 0.2) is 21.5 Å². The number of hydrogen-bond donors (Lipinski definition) is 2. The van der Waals surface area contributed by atoms with Crippen molar-refractivity contribution in [3.05, 3.63) is 21.5 Å². The fourth-order valence-electron chi connectivity index (χ4n) is 1.37. The van der Waals surface area contributed by atoms with Gasteiger partial charge in [0.15, 0.2) is 0 Å². The number of hydrogen-bond acceptors (Lipinski definition) is 4. The molecule has 1 rings (SSSR count). The normalized spacial score (nSPS) is 18.2. The van der Waals surface area contributed by atoms with Crippen molar-refractivity contribution in [3.63, 3.8) is 0 Å². The Balaban J connectivity index is 0. The number of allylic oxidation sites excluding steroid dienone is 4. The zero-order chi connectivity index (χ0) is 22.8. The van der Waals surface area contributed by atoms with Gasteiger partial charge in [0, 0.05) is 0 Å². The van der Waals surface area contributed by atoms with E-state index in [4.69, 9.17) is 25.9 Å².